The minimum atomic E-state index is 0. The van der Waals surface area contributed by atoms with Crippen LogP contribution in [0.15, 0.2) is 6.20 Å². The third-order valence-electron chi connectivity index (χ3n) is 3.32. The highest BCUT2D eigenvalue weighted by atomic mass is 35.5. The van der Waals surface area contributed by atoms with Crippen LogP contribution < -0.4 is 5.32 Å². The molecule has 108 valence electrons. The van der Waals surface area contributed by atoms with Crippen LogP contribution in [-0.4, -0.2) is 45.8 Å². The van der Waals surface area contributed by atoms with Crippen molar-refractivity contribution in [2.45, 2.75) is 39.3 Å². The molecule has 1 aromatic heterocycles. The Balaban J connectivity index is 0.00000180. The number of amides is 1. The average Bonchev–Trinajstić information content (AvgIpc) is 2.68. The maximum absolute atomic E-state index is 12.5. The molecular weight excluding hydrogens is 264 g/mol. The van der Waals surface area contributed by atoms with Gasteiger partial charge < -0.3 is 10.2 Å². The highest BCUT2D eigenvalue weighted by Gasteiger charge is 2.27. The molecule has 1 aliphatic heterocycles. The minimum Gasteiger partial charge on any atom is -0.335 e. The number of hydrogen-bond acceptors (Lipinski definition) is 3. The van der Waals surface area contributed by atoms with Crippen LogP contribution in [0.4, 0.5) is 0 Å². The third kappa shape index (κ3) is 3.48. The average molecular weight is 287 g/mol. The van der Waals surface area contributed by atoms with Crippen LogP contribution in [-0.2, 0) is 13.5 Å². The molecule has 1 amide bonds. The zero-order chi connectivity index (χ0) is 13.3. The molecule has 0 radical (unpaired) electrons. The molecule has 0 spiro atoms. The summed E-state index contributed by atoms with van der Waals surface area (Å²) in [6.45, 7) is 7.78. The zero-order valence-corrected chi connectivity index (χ0v) is 12.8. The second kappa shape index (κ2) is 6.39. The van der Waals surface area contributed by atoms with Gasteiger partial charge in [0.25, 0.3) is 5.91 Å². The van der Waals surface area contributed by atoms with Gasteiger partial charge in [0, 0.05) is 38.4 Å². The number of nitrogens with zero attached hydrogens (tertiary/aromatic N) is 3. The summed E-state index contributed by atoms with van der Waals surface area (Å²) < 4.78 is 1.72. The highest BCUT2D eigenvalue weighted by molar-refractivity contribution is 5.95. The lowest BCUT2D eigenvalue weighted by molar-refractivity contribution is 0.0672. The first-order chi connectivity index (χ1) is 8.51. The molecule has 5 nitrogen and oxygen atoms in total. The Morgan fingerprint density at radius 1 is 1.42 bits per heavy atom. The summed E-state index contributed by atoms with van der Waals surface area (Å²) >= 11 is 0. The van der Waals surface area contributed by atoms with Crippen LogP contribution in [0.3, 0.4) is 0 Å². The van der Waals surface area contributed by atoms with E-state index in [0.29, 0.717) is 12.1 Å². The van der Waals surface area contributed by atoms with Crippen molar-refractivity contribution in [2.75, 3.05) is 13.1 Å². The topological polar surface area (TPSA) is 50.2 Å². The van der Waals surface area contributed by atoms with E-state index in [0.717, 1.165) is 30.8 Å². The molecule has 0 aliphatic carbocycles. The lowest BCUT2D eigenvalue weighted by Crippen LogP contribution is -2.55. The van der Waals surface area contributed by atoms with E-state index in [4.69, 9.17) is 0 Å². The van der Waals surface area contributed by atoms with Crippen molar-refractivity contribution >= 4 is 18.3 Å². The van der Waals surface area contributed by atoms with Crippen LogP contribution in [0.2, 0.25) is 0 Å². The van der Waals surface area contributed by atoms with Gasteiger partial charge in [-0.05, 0) is 20.3 Å². The lowest BCUT2D eigenvalue weighted by Gasteiger charge is -2.36. The first-order valence-corrected chi connectivity index (χ1v) is 6.59. The number of carbonyl (C=O) groups is 1. The Hall–Kier alpha value is -1.07. The van der Waals surface area contributed by atoms with Crippen LogP contribution >= 0.6 is 12.4 Å². The van der Waals surface area contributed by atoms with Crippen molar-refractivity contribution in [3.63, 3.8) is 0 Å². The Morgan fingerprint density at radius 3 is 2.53 bits per heavy atom. The summed E-state index contributed by atoms with van der Waals surface area (Å²) in [7, 11) is 1.86. The summed E-state index contributed by atoms with van der Waals surface area (Å²) in [5.41, 5.74) is 1.64. The molecule has 2 heterocycles. The van der Waals surface area contributed by atoms with Crippen molar-refractivity contribution in [2.24, 2.45) is 7.05 Å². The smallest absolute Gasteiger partial charge is 0.257 e. The molecule has 2 rings (SSSR count). The van der Waals surface area contributed by atoms with Gasteiger partial charge >= 0.3 is 0 Å². The Bertz CT molecular complexity index is 436. The first kappa shape index (κ1) is 16.0. The molecule has 2 atom stereocenters. The molecule has 1 aromatic rings. The third-order valence-corrected chi connectivity index (χ3v) is 3.32. The van der Waals surface area contributed by atoms with E-state index < -0.39 is 0 Å². The maximum Gasteiger partial charge on any atom is 0.257 e. The summed E-state index contributed by atoms with van der Waals surface area (Å²) in [5, 5.41) is 7.77. The molecule has 6 heteroatoms. The van der Waals surface area contributed by atoms with Crippen molar-refractivity contribution in [1.29, 1.82) is 0 Å². The largest absolute Gasteiger partial charge is 0.335 e. The van der Waals surface area contributed by atoms with Gasteiger partial charge in [-0.3, -0.25) is 9.48 Å². The quantitative estimate of drug-likeness (QED) is 0.890. The molecule has 0 aromatic carbocycles. The minimum absolute atomic E-state index is 0. The fourth-order valence-corrected chi connectivity index (χ4v) is 2.64. The fourth-order valence-electron chi connectivity index (χ4n) is 2.64. The molecule has 1 N–H and O–H groups in total. The van der Waals surface area contributed by atoms with Crippen molar-refractivity contribution in [3.05, 3.63) is 17.5 Å². The van der Waals surface area contributed by atoms with E-state index in [9.17, 15) is 4.79 Å². The van der Waals surface area contributed by atoms with E-state index in [1.807, 2.05) is 25.1 Å². The van der Waals surface area contributed by atoms with Crippen LogP contribution in [0, 0.1) is 0 Å². The normalized spacial score (nSPS) is 23.1. The highest BCUT2D eigenvalue weighted by Crippen LogP contribution is 2.14. The van der Waals surface area contributed by atoms with Crippen LogP contribution in [0.25, 0.3) is 0 Å². The molecule has 0 bridgehead atoms. The number of piperazine rings is 1. The monoisotopic (exact) mass is 286 g/mol. The van der Waals surface area contributed by atoms with E-state index >= 15 is 0 Å². The second-order valence-corrected chi connectivity index (χ2v) is 5.20. The van der Waals surface area contributed by atoms with E-state index in [2.05, 4.69) is 24.3 Å². The Kier molecular flexibility index (Phi) is 5.38. The van der Waals surface area contributed by atoms with Gasteiger partial charge in [0.15, 0.2) is 0 Å². The van der Waals surface area contributed by atoms with Gasteiger partial charge in [-0.25, -0.2) is 0 Å². The van der Waals surface area contributed by atoms with Crippen molar-refractivity contribution in [3.8, 4) is 0 Å². The van der Waals surface area contributed by atoms with Gasteiger partial charge in [0.05, 0.1) is 11.3 Å². The lowest BCUT2D eigenvalue weighted by atomic mass is 10.1. The molecule has 1 saturated heterocycles. The van der Waals surface area contributed by atoms with Crippen LogP contribution in [0.1, 0.15) is 36.8 Å². The summed E-state index contributed by atoms with van der Waals surface area (Å²) in [5.74, 6) is 0.111. The predicted octanol–water partition coefficient (Wildman–Crippen LogP) is 1.23. The Morgan fingerprint density at radius 2 is 2.00 bits per heavy atom. The molecule has 0 saturated carbocycles. The fraction of sp³-hybridized carbons (Fsp3) is 0.692. The number of halogens is 1. The van der Waals surface area contributed by atoms with Gasteiger partial charge in [-0.2, -0.15) is 5.10 Å². The van der Waals surface area contributed by atoms with Gasteiger partial charge in [0.1, 0.15) is 0 Å². The number of aryl methyl sites for hydroxylation is 2. The zero-order valence-electron chi connectivity index (χ0n) is 12.0. The molecule has 1 fully saturated rings. The Labute approximate surface area is 120 Å². The number of carbonyl (C=O) groups excluding carboxylic acids is 1. The van der Waals surface area contributed by atoms with E-state index in [-0.39, 0.29) is 18.3 Å². The summed E-state index contributed by atoms with van der Waals surface area (Å²) in [4.78, 5) is 14.5. The maximum atomic E-state index is 12.5. The molecule has 2 unspecified atom stereocenters. The summed E-state index contributed by atoms with van der Waals surface area (Å²) in [6.07, 6.45) is 2.62. The molecular formula is C13H23ClN4O. The predicted molar refractivity (Wildman–Crippen MR) is 77.8 cm³/mol. The number of aromatic nitrogens is 2. The standard InChI is InChI=1S/C13H22N4O.ClH/c1-5-12-11(8-16(4)15-12)13(18)17-6-9(2)14-10(3)7-17;/h8-10,14H,5-7H2,1-4H3;1H. The number of rotatable bonds is 2. The van der Waals surface area contributed by atoms with Gasteiger partial charge in [0.2, 0.25) is 0 Å². The van der Waals surface area contributed by atoms with Crippen LogP contribution in [0.5, 0.6) is 0 Å². The number of hydrogen-bond donors (Lipinski definition) is 1. The molecule has 1 aliphatic rings. The van der Waals surface area contributed by atoms with Gasteiger partial charge in [-0.1, -0.05) is 6.92 Å². The second-order valence-electron chi connectivity index (χ2n) is 5.20. The SMILES string of the molecule is CCc1nn(C)cc1C(=O)N1CC(C)NC(C)C1.Cl. The van der Waals surface area contributed by atoms with Crippen molar-refractivity contribution < 1.29 is 4.79 Å². The van der Waals surface area contributed by atoms with E-state index in [1.54, 1.807) is 4.68 Å². The van der Waals surface area contributed by atoms with E-state index in [1.165, 1.54) is 0 Å². The van der Waals surface area contributed by atoms with Gasteiger partial charge in [-0.15, -0.1) is 12.4 Å². The summed E-state index contributed by atoms with van der Waals surface area (Å²) in [6, 6.07) is 0.693. The first-order valence-electron chi connectivity index (χ1n) is 6.59. The molecule has 19 heavy (non-hydrogen) atoms. The van der Waals surface area contributed by atoms with Crippen molar-refractivity contribution in [1.82, 2.24) is 20.0 Å². The number of nitrogens with one attached hydrogen (secondary N) is 1.